The van der Waals surface area contributed by atoms with Gasteiger partial charge in [-0.25, -0.2) is 14.1 Å². The number of anilines is 1. The largest absolute Gasteiger partial charge is 0.277 e. The maximum atomic E-state index is 14.1. The summed E-state index contributed by atoms with van der Waals surface area (Å²) in [7, 11) is 7.98. The predicted molar refractivity (Wildman–Crippen MR) is 112 cm³/mol. The molecule has 1 unspecified atom stereocenters. The molecule has 6 nitrogen and oxygen atoms in total. The average molecular weight is 396 g/mol. The highest BCUT2D eigenvalue weighted by Crippen LogP contribution is 2.22. The van der Waals surface area contributed by atoms with Gasteiger partial charge >= 0.3 is 0 Å². The quantitative estimate of drug-likeness (QED) is 0.500. The summed E-state index contributed by atoms with van der Waals surface area (Å²) in [5, 5.41) is 5.46. The molecule has 9 heteroatoms. The number of aryl methyl sites for hydroxylation is 1. The molecule has 142 valence electrons. The molecule has 0 aliphatic carbocycles. The maximum Gasteiger partial charge on any atom is 0.275 e. The molecule has 28 heavy (non-hydrogen) atoms. The van der Waals surface area contributed by atoms with Crippen molar-refractivity contribution in [1.29, 1.82) is 0 Å². The second-order valence-electron chi connectivity index (χ2n) is 6.89. The molecule has 1 amide bonds. The van der Waals surface area contributed by atoms with Crippen LogP contribution in [0.25, 0.3) is 10.8 Å². The molecule has 0 fully saturated rings. The number of amides is 1. The van der Waals surface area contributed by atoms with Crippen LogP contribution in [-0.4, -0.2) is 28.5 Å². The second kappa shape index (κ2) is 7.80. The van der Waals surface area contributed by atoms with E-state index in [1.807, 2.05) is 13.8 Å². The van der Waals surface area contributed by atoms with Crippen molar-refractivity contribution >= 4 is 45.2 Å². The number of nitrogens with zero attached hydrogens (tertiary/aromatic N) is 4. The molecule has 1 atom stereocenters. The fraction of sp³-hybridized carbons (Fsp3) is 0.263. The summed E-state index contributed by atoms with van der Waals surface area (Å²) in [6.07, 6.45) is 1.46. The smallest absolute Gasteiger partial charge is 0.275 e. The molecule has 0 aliphatic heterocycles. The van der Waals surface area contributed by atoms with Crippen LogP contribution in [0.15, 0.2) is 35.3 Å². The van der Waals surface area contributed by atoms with Gasteiger partial charge in [-0.1, -0.05) is 31.4 Å². The number of fused-ring (bicyclic) bond motifs is 1. The van der Waals surface area contributed by atoms with Gasteiger partial charge in [0.2, 0.25) is 0 Å². The number of carbonyl (C=O) groups excluding carboxylic acids is 1. The van der Waals surface area contributed by atoms with E-state index in [0.29, 0.717) is 27.5 Å². The minimum atomic E-state index is -0.625. The van der Waals surface area contributed by atoms with Gasteiger partial charge in [-0.05, 0) is 39.9 Å². The number of halogens is 1. The number of benzene rings is 1. The van der Waals surface area contributed by atoms with Gasteiger partial charge in [0.15, 0.2) is 11.6 Å². The Hall–Kier alpha value is -2.60. The van der Waals surface area contributed by atoms with Gasteiger partial charge in [0.1, 0.15) is 14.4 Å². The van der Waals surface area contributed by atoms with Crippen LogP contribution in [0.4, 0.5) is 10.2 Å². The molecule has 0 bridgehead atoms. The summed E-state index contributed by atoms with van der Waals surface area (Å²) in [5.41, 5.74) is 1.41. The van der Waals surface area contributed by atoms with Gasteiger partial charge < -0.3 is 0 Å². The van der Waals surface area contributed by atoms with Crippen molar-refractivity contribution in [3.63, 3.8) is 0 Å². The standard InChI is InChI=1S/C19H19BFN4O2P/c1-10(2)17-14-7-12(20)4-5-13(14)19(27)24(23-17)9-16(26)25(28)18-15(21)6-11(3)8-22-18/h4-8,10H,9,28H2,1-3H3. The SMILES string of the molecule is [B]c1ccc2c(=O)n(CC(=O)N(P)c3ncc(C)cc3F)nc(C(C)C)c2c1. The van der Waals surface area contributed by atoms with Crippen LogP contribution >= 0.6 is 9.39 Å². The zero-order valence-corrected chi connectivity index (χ0v) is 17.0. The van der Waals surface area contributed by atoms with E-state index in [1.165, 1.54) is 12.3 Å². The van der Waals surface area contributed by atoms with Crippen molar-refractivity contribution in [2.45, 2.75) is 33.2 Å². The van der Waals surface area contributed by atoms with E-state index >= 15 is 0 Å². The first-order chi connectivity index (χ1) is 13.2. The Balaban J connectivity index is 2.02. The van der Waals surface area contributed by atoms with E-state index in [1.54, 1.807) is 25.1 Å². The van der Waals surface area contributed by atoms with Gasteiger partial charge in [-0.15, -0.1) is 0 Å². The van der Waals surface area contributed by atoms with E-state index in [9.17, 15) is 14.0 Å². The van der Waals surface area contributed by atoms with E-state index in [-0.39, 0.29) is 18.3 Å². The minimum absolute atomic E-state index is 0.00886. The first-order valence-electron chi connectivity index (χ1n) is 8.69. The van der Waals surface area contributed by atoms with Crippen molar-refractivity contribution in [2.24, 2.45) is 0 Å². The monoisotopic (exact) mass is 396 g/mol. The lowest BCUT2D eigenvalue weighted by atomic mass is 9.92. The number of rotatable bonds is 4. The Bertz CT molecular complexity index is 1130. The Morgan fingerprint density at radius 1 is 1.32 bits per heavy atom. The third-order valence-corrected chi connectivity index (χ3v) is 4.83. The third kappa shape index (κ3) is 3.83. The van der Waals surface area contributed by atoms with Gasteiger partial charge in [0.25, 0.3) is 11.5 Å². The van der Waals surface area contributed by atoms with Gasteiger partial charge in [-0.2, -0.15) is 5.10 Å². The minimum Gasteiger partial charge on any atom is -0.277 e. The first-order valence-corrected chi connectivity index (χ1v) is 9.20. The molecule has 0 saturated carbocycles. The molecule has 0 aliphatic rings. The molecule has 1 aromatic carbocycles. The number of pyridine rings is 1. The Kier molecular flexibility index (Phi) is 5.61. The van der Waals surface area contributed by atoms with Crippen molar-refractivity contribution in [3.05, 3.63) is 57.9 Å². The Labute approximate surface area is 165 Å². The highest BCUT2D eigenvalue weighted by molar-refractivity contribution is 7.21. The highest BCUT2D eigenvalue weighted by atomic mass is 31.0. The molecule has 2 aromatic heterocycles. The van der Waals surface area contributed by atoms with Crippen LogP contribution in [0.3, 0.4) is 0 Å². The number of hydrogen-bond donors (Lipinski definition) is 0. The first kappa shape index (κ1) is 20.1. The van der Waals surface area contributed by atoms with Gasteiger partial charge in [0.05, 0.1) is 11.1 Å². The number of aromatic nitrogens is 3. The Morgan fingerprint density at radius 3 is 2.68 bits per heavy atom. The second-order valence-corrected chi connectivity index (χ2v) is 7.41. The average Bonchev–Trinajstić information content (AvgIpc) is 2.63. The van der Waals surface area contributed by atoms with Crippen LogP contribution in [0.5, 0.6) is 0 Å². The normalized spacial score (nSPS) is 11.2. The molecule has 3 aromatic rings. The maximum absolute atomic E-state index is 14.1. The lowest BCUT2D eigenvalue weighted by Gasteiger charge is -2.18. The van der Waals surface area contributed by atoms with Crippen molar-refractivity contribution in [1.82, 2.24) is 14.8 Å². The molecule has 3 rings (SSSR count). The fourth-order valence-electron chi connectivity index (χ4n) is 2.89. The molecule has 0 N–H and O–H groups in total. The molecule has 0 spiro atoms. The topological polar surface area (TPSA) is 68.1 Å². The van der Waals surface area contributed by atoms with E-state index in [4.69, 9.17) is 7.85 Å². The molecular formula is C19H19BFN4O2P. The summed E-state index contributed by atoms with van der Waals surface area (Å²) in [6, 6.07) is 6.25. The lowest BCUT2D eigenvalue weighted by Crippen LogP contribution is -2.34. The van der Waals surface area contributed by atoms with Crippen LogP contribution in [0.1, 0.15) is 31.0 Å². The van der Waals surface area contributed by atoms with E-state index < -0.39 is 17.3 Å². The van der Waals surface area contributed by atoms with Gasteiger partial charge in [-0.3, -0.25) is 14.3 Å². The van der Waals surface area contributed by atoms with Crippen LogP contribution in [0, 0.1) is 12.7 Å². The summed E-state index contributed by atoms with van der Waals surface area (Å²) >= 11 is 0. The van der Waals surface area contributed by atoms with E-state index in [0.717, 1.165) is 9.35 Å². The molecule has 2 heterocycles. The van der Waals surface area contributed by atoms with Crippen LogP contribution in [-0.2, 0) is 11.3 Å². The zero-order valence-electron chi connectivity index (χ0n) is 15.8. The third-order valence-electron chi connectivity index (χ3n) is 4.30. The zero-order chi connectivity index (χ0) is 20.6. The summed E-state index contributed by atoms with van der Waals surface area (Å²) in [5.74, 6) is -1.29. The molecular weight excluding hydrogens is 377 g/mol. The van der Waals surface area contributed by atoms with Gasteiger partial charge in [0, 0.05) is 11.6 Å². The van der Waals surface area contributed by atoms with Crippen LogP contribution < -0.4 is 15.7 Å². The lowest BCUT2D eigenvalue weighted by molar-refractivity contribution is -0.118. The van der Waals surface area contributed by atoms with E-state index in [2.05, 4.69) is 19.5 Å². The van der Waals surface area contributed by atoms with Crippen molar-refractivity contribution < 1.29 is 9.18 Å². The summed E-state index contributed by atoms with van der Waals surface area (Å²) < 4.78 is 16.2. The number of carbonyl (C=O) groups is 1. The van der Waals surface area contributed by atoms with Crippen molar-refractivity contribution in [3.8, 4) is 0 Å². The highest BCUT2D eigenvalue weighted by Gasteiger charge is 2.20. The molecule has 0 saturated heterocycles. The number of hydrogen-bond acceptors (Lipinski definition) is 4. The van der Waals surface area contributed by atoms with Crippen LogP contribution in [0.2, 0.25) is 0 Å². The Morgan fingerprint density at radius 2 is 2.04 bits per heavy atom. The predicted octanol–water partition coefficient (Wildman–Crippen LogP) is 1.98. The summed E-state index contributed by atoms with van der Waals surface area (Å²) in [6.45, 7) is 5.23. The van der Waals surface area contributed by atoms with Crippen molar-refractivity contribution in [2.75, 3.05) is 4.67 Å². The fourth-order valence-corrected chi connectivity index (χ4v) is 3.16. The molecule has 2 radical (unpaired) electrons. The summed E-state index contributed by atoms with van der Waals surface area (Å²) in [4.78, 5) is 29.4.